The lowest BCUT2D eigenvalue weighted by atomic mass is 9.95. The van der Waals surface area contributed by atoms with Gasteiger partial charge in [-0.15, -0.1) is 0 Å². The molecule has 0 saturated carbocycles. The summed E-state index contributed by atoms with van der Waals surface area (Å²) in [5, 5.41) is 7.39. The maximum Gasteiger partial charge on any atom is 0.338 e. The summed E-state index contributed by atoms with van der Waals surface area (Å²) >= 11 is 17.3. The molecule has 1 aromatic carbocycles. The second-order valence-electron chi connectivity index (χ2n) is 4.46. The van der Waals surface area contributed by atoms with E-state index in [0.717, 1.165) is 0 Å². The third-order valence-corrected chi connectivity index (χ3v) is 3.82. The molecule has 1 atom stereocenters. The summed E-state index contributed by atoms with van der Waals surface area (Å²) in [7, 11) is 0. The monoisotopic (exact) mass is 344 g/mol. The molecule has 112 valence electrons. The van der Waals surface area contributed by atoms with Gasteiger partial charge in [-0.05, 0) is 43.8 Å². The van der Waals surface area contributed by atoms with Gasteiger partial charge in [0.1, 0.15) is 0 Å². The zero-order valence-corrected chi connectivity index (χ0v) is 13.8. The molecule has 0 aromatic heterocycles. The minimum Gasteiger partial charge on any atom is -0.463 e. The molecule has 0 saturated heterocycles. The van der Waals surface area contributed by atoms with Crippen LogP contribution in [0.3, 0.4) is 0 Å². The van der Waals surface area contributed by atoms with Gasteiger partial charge in [0.05, 0.1) is 18.2 Å². The third kappa shape index (κ3) is 3.48. The SMILES string of the molecule is CCOC(=O)C1=C(C)NC(=S)NC1c1ccc(Cl)cc1Cl. The first-order valence-corrected chi connectivity index (χ1v) is 7.50. The normalized spacial score (nSPS) is 18.1. The average molecular weight is 345 g/mol. The molecule has 1 aliphatic heterocycles. The smallest absolute Gasteiger partial charge is 0.338 e. The van der Waals surface area contributed by atoms with Crippen molar-refractivity contribution in [3.63, 3.8) is 0 Å². The first-order valence-electron chi connectivity index (χ1n) is 6.34. The molecule has 21 heavy (non-hydrogen) atoms. The molecule has 0 radical (unpaired) electrons. The van der Waals surface area contributed by atoms with E-state index in [-0.39, 0.29) is 0 Å². The molecule has 2 N–H and O–H groups in total. The van der Waals surface area contributed by atoms with Crippen molar-refractivity contribution in [3.8, 4) is 0 Å². The van der Waals surface area contributed by atoms with Gasteiger partial charge in [-0.1, -0.05) is 29.3 Å². The minimum atomic E-state index is -0.470. The Labute approximate surface area is 138 Å². The molecule has 0 amide bonds. The summed E-state index contributed by atoms with van der Waals surface area (Å²) < 4.78 is 5.11. The number of hydrogen-bond donors (Lipinski definition) is 2. The third-order valence-electron chi connectivity index (χ3n) is 3.04. The number of benzene rings is 1. The fraction of sp³-hybridized carbons (Fsp3) is 0.286. The van der Waals surface area contributed by atoms with Crippen molar-refractivity contribution in [2.75, 3.05) is 6.61 Å². The summed E-state index contributed by atoms with van der Waals surface area (Å²) in [6.45, 7) is 3.82. The van der Waals surface area contributed by atoms with E-state index in [1.807, 2.05) is 0 Å². The van der Waals surface area contributed by atoms with E-state index in [2.05, 4.69) is 10.6 Å². The number of carbonyl (C=O) groups is 1. The molecule has 0 fully saturated rings. The van der Waals surface area contributed by atoms with Gasteiger partial charge < -0.3 is 15.4 Å². The zero-order chi connectivity index (χ0) is 15.6. The first-order chi connectivity index (χ1) is 9.93. The van der Waals surface area contributed by atoms with E-state index in [1.165, 1.54) is 0 Å². The predicted octanol–water partition coefficient (Wildman–Crippen LogP) is 3.35. The molecular weight excluding hydrogens is 331 g/mol. The van der Waals surface area contributed by atoms with Gasteiger partial charge in [-0.25, -0.2) is 4.79 Å². The lowest BCUT2D eigenvalue weighted by Crippen LogP contribution is -2.45. The van der Waals surface area contributed by atoms with Crippen LogP contribution in [0.5, 0.6) is 0 Å². The van der Waals surface area contributed by atoms with Gasteiger partial charge in [-0.3, -0.25) is 0 Å². The Bertz CT molecular complexity index is 631. The fourth-order valence-electron chi connectivity index (χ4n) is 2.14. The van der Waals surface area contributed by atoms with E-state index in [1.54, 1.807) is 32.0 Å². The van der Waals surface area contributed by atoms with Crippen molar-refractivity contribution >= 4 is 46.5 Å². The lowest BCUT2D eigenvalue weighted by Gasteiger charge is -2.30. The van der Waals surface area contributed by atoms with Crippen LogP contribution < -0.4 is 10.6 Å². The lowest BCUT2D eigenvalue weighted by molar-refractivity contribution is -0.139. The summed E-state index contributed by atoms with van der Waals surface area (Å²) in [4.78, 5) is 12.2. The Morgan fingerprint density at radius 3 is 2.76 bits per heavy atom. The van der Waals surface area contributed by atoms with Crippen LogP contribution in [0, 0.1) is 0 Å². The van der Waals surface area contributed by atoms with Crippen molar-refractivity contribution in [3.05, 3.63) is 45.1 Å². The van der Waals surface area contributed by atoms with Crippen LogP contribution in [0.25, 0.3) is 0 Å². The van der Waals surface area contributed by atoms with Gasteiger partial charge in [0, 0.05) is 15.7 Å². The average Bonchev–Trinajstić information content (AvgIpc) is 2.37. The van der Waals surface area contributed by atoms with Crippen LogP contribution in [-0.4, -0.2) is 17.7 Å². The molecule has 1 unspecified atom stereocenters. The second kappa shape index (κ2) is 6.64. The van der Waals surface area contributed by atoms with Crippen LogP contribution >= 0.6 is 35.4 Å². The van der Waals surface area contributed by atoms with E-state index < -0.39 is 12.0 Å². The van der Waals surface area contributed by atoms with Gasteiger partial charge in [0.2, 0.25) is 0 Å². The highest BCUT2D eigenvalue weighted by molar-refractivity contribution is 7.80. The number of esters is 1. The highest BCUT2D eigenvalue weighted by Gasteiger charge is 2.32. The molecule has 4 nitrogen and oxygen atoms in total. The number of carbonyl (C=O) groups excluding carboxylic acids is 1. The van der Waals surface area contributed by atoms with Crippen molar-refractivity contribution in [1.29, 1.82) is 0 Å². The van der Waals surface area contributed by atoms with Crippen molar-refractivity contribution in [1.82, 2.24) is 10.6 Å². The van der Waals surface area contributed by atoms with E-state index in [4.69, 9.17) is 40.2 Å². The van der Waals surface area contributed by atoms with Crippen molar-refractivity contribution in [2.24, 2.45) is 0 Å². The number of thiocarbonyl (C=S) groups is 1. The van der Waals surface area contributed by atoms with Crippen LogP contribution in [0.15, 0.2) is 29.5 Å². The van der Waals surface area contributed by atoms with Crippen LogP contribution in [0.2, 0.25) is 10.0 Å². The highest BCUT2D eigenvalue weighted by Crippen LogP contribution is 2.33. The number of ether oxygens (including phenoxy) is 1. The van der Waals surface area contributed by atoms with Gasteiger partial charge in [0.25, 0.3) is 0 Å². The minimum absolute atomic E-state index is 0.293. The van der Waals surface area contributed by atoms with Gasteiger partial charge in [0.15, 0.2) is 5.11 Å². The summed E-state index contributed by atoms with van der Waals surface area (Å²) in [5.74, 6) is -0.409. The topological polar surface area (TPSA) is 50.4 Å². The van der Waals surface area contributed by atoms with Gasteiger partial charge >= 0.3 is 5.97 Å². The summed E-state index contributed by atoms with van der Waals surface area (Å²) in [6.07, 6.45) is 0. The van der Waals surface area contributed by atoms with Crippen molar-refractivity contribution in [2.45, 2.75) is 19.9 Å². The molecule has 7 heteroatoms. The van der Waals surface area contributed by atoms with Crippen LogP contribution in [0.1, 0.15) is 25.5 Å². The highest BCUT2D eigenvalue weighted by atomic mass is 35.5. The summed E-state index contributed by atoms with van der Waals surface area (Å²) in [5.41, 5.74) is 1.82. The number of halogens is 2. The van der Waals surface area contributed by atoms with Gasteiger partial charge in [-0.2, -0.15) is 0 Å². The van der Waals surface area contributed by atoms with E-state index in [9.17, 15) is 4.79 Å². The molecule has 1 aromatic rings. The Morgan fingerprint density at radius 2 is 2.14 bits per heavy atom. The molecule has 0 aliphatic carbocycles. The predicted molar refractivity (Wildman–Crippen MR) is 87.4 cm³/mol. The zero-order valence-electron chi connectivity index (χ0n) is 11.5. The van der Waals surface area contributed by atoms with Crippen LogP contribution in [0.4, 0.5) is 0 Å². The fourth-order valence-corrected chi connectivity index (χ4v) is 2.93. The number of allylic oxidation sites excluding steroid dienone is 1. The molecule has 1 heterocycles. The molecule has 1 aliphatic rings. The molecule has 0 spiro atoms. The molecule has 2 rings (SSSR count). The quantitative estimate of drug-likeness (QED) is 0.650. The maximum absolute atomic E-state index is 12.2. The number of hydrogen-bond acceptors (Lipinski definition) is 3. The Balaban J connectivity index is 2.49. The Hall–Kier alpha value is -1.30. The molecule has 0 bridgehead atoms. The number of rotatable bonds is 3. The first kappa shape index (κ1) is 16.1. The van der Waals surface area contributed by atoms with Crippen LogP contribution in [-0.2, 0) is 9.53 Å². The van der Waals surface area contributed by atoms with E-state index in [0.29, 0.717) is 38.6 Å². The molecular formula is C14H14Cl2N2O2S. The Morgan fingerprint density at radius 1 is 1.43 bits per heavy atom. The maximum atomic E-state index is 12.2. The Kier molecular flexibility index (Phi) is 5.08. The standard InChI is InChI=1S/C14H14Cl2N2O2S/c1-3-20-13(19)11-7(2)17-14(21)18-12(11)9-5-4-8(15)6-10(9)16/h4-6,12H,3H2,1-2H3,(H2,17,18,21). The number of nitrogens with one attached hydrogen (secondary N) is 2. The largest absolute Gasteiger partial charge is 0.463 e. The van der Waals surface area contributed by atoms with E-state index >= 15 is 0 Å². The van der Waals surface area contributed by atoms with Crippen molar-refractivity contribution < 1.29 is 9.53 Å². The second-order valence-corrected chi connectivity index (χ2v) is 5.71. The summed E-state index contributed by atoms with van der Waals surface area (Å²) in [6, 6.07) is 4.64.